The van der Waals surface area contributed by atoms with E-state index < -0.39 is 0 Å². The van der Waals surface area contributed by atoms with Crippen LogP contribution in [0.4, 0.5) is 0 Å². The molecule has 1 amide bonds. The molecule has 3 fully saturated rings. The van der Waals surface area contributed by atoms with Crippen LogP contribution >= 0.6 is 0 Å². The van der Waals surface area contributed by atoms with Gasteiger partial charge in [-0.3, -0.25) is 9.69 Å². The van der Waals surface area contributed by atoms with E-state index in [1.807, 2.05) is 17.0 Å². The normalized spacial score (nSPS) is 28.1. The molecule has 3 aliphatic rings. The van der Waals surface area contributed by atoms with Crippen LogP contribution < -0.4 is 0 Å². The molecule has 0 aromatic heterocycles. The van der Waals surface area contributed by atoms with E-state index in [0.29, 0.717) is 0 Å². The van der Waals surface area contributed by atoms with Crippen molar-refractivity contribution < 1.29 is 9.53 Å². The summed E-state index contributed by atoms with van der Waals surface area (Å²) in [4.78, 5) is 17.4. The molecular formula is C19H26N2O2. The highest BCUT2D eigenvalue weighted by molar-refractivity contribution is 5.94. The molecule has 23 heavy (non-hydrogen) atoms. The Kier molecular flexibility index (Phi) is 4.12. The highest BCUT2D eigenvalue weighted by Crippen LogP contribution is 2.38. The zero-order valence-corrected chi connectivity index (χ0v) is 13.8. The molecule has 0 saturated carbocycles. The summed E-state index contributed by atoms with van der Waals surface area (Å²) in [7, 11) is 0. The monoisotopic (exact) mass is 314 g/mol. The Morgan fingerprint density at radius 2 is 2.04 bits per heavy atom. The van der Waals surface area contributed by atoms with Gasteiger partial charge >= 0.3 is 0 Å². The maximum Gasteiger partial charge on any atom is 0.253 e. The summed E-state index contributed by atoms with van der Waals surface area (Å²) in [6.45, 7) is 6.76. The van der Waals surface area contributed by atoms with Crippen molar-refractivity contribution in [1.82, 2.24) is 9.80 Å². The average molecular weight is 314 g/mol. The van der Waals surface area contributed by atoms with Gasteiger partial charge in [-0.1, -0.05) is 12.1 Å². The number of rotatable bonds is 3. The number of benzene rings is 1. The number of ether oxygens (including phenoxy) is 1. The Morgan fingerprint density at radius 1 is 1.17 bits per heavy atom. The van der Waals surface area contributed by atoms with Crippen molar-refractivity contribution in [3.8, 4) is 0 Å². The Bertz CT molecular complexity index is 574. The van der Waals surface area contributed by atoms with Crippen molar-refractivity contribution in [2.45, 2.75) is 32.2 Å². The van der Waals surface area contributed by atoms with Gasteiger partial charge in [0.25, 0.3) is 5.91 Å². The van der Waals surface area contributed by atoms with Crippen LogP contribution in [0, 0.1) is 5.41 Å². The molecule has 4 rings (SSSR count). The van der Waals surface area contributed by atoms with Crippen LogP contribution in [0.5, 0.6) is 0 Å². The quantitative estimate of drug-likeness (QED) is 0.859. The van der Waals surface area contributed by atoms with Crippen LogP contribution in [-0.2, 0) is 11.3 Å². The number of hydrogen-bond acceptors (Lipinski definition) is 3. The van der Waals surface area contributed by atoms with Crippen LogP contribution in [-0.4, -0.2) is 55.1 Å². The Hall–Kier alpha value is -1.39. The standard InChI is InChI=1S/C19H26N2O2/c22-18(21-10-6-19(14-21)7-11-23-15-19)17-5-3-4-16(12-17)13-20-8-1-2-9-20/h3-5,12H,1-2,6-11,13-15H2/t19-/m1/s1. The van der Waals surface area contributed by atoms with E-state index >= 15 is 0 Å². The minimum atomic E-state index is 0.192. The smallest absolute Gasteiger partial charge is 0.253 e. The largest absolute Gasteiger partial charge is 0.381 e. The number of likely N-dealkylation sites (tertiary alicyclic amines) is 2. The topological polar surface area (TPSA) is 32.8 Å². The summed E-state index contributed by atoms with van der Waals surface area (Å²) < 4.78 is 5.57. The fraction of sp³-hybridized carbons (Fsp3) is 0.632. The number of nitrogens with zero attached hydrogens (tertiary/aromatic N) is 2. The predicted octanol–water partition coefficient (Wildman–Crippen LogP) is 2.54. The van der Waals surface area contributed by atoms with Crippen LogP contribution in [0.2, 0.25) is 0 Å². The van der Waals surface area contributed by atoms with Crippen molar-refractivity contribution in [2.75, 3.05) is 39.4 Å². The summed E-state index contributed by atoms with van der Waals surface area (Å²) in [6, 6.07) is 8.23. The highest BCUT2D eigenvalue weighted by atomic mass is 16.5. The molecule has 1 aromatic carbocycles. The molecular weight excluding hydrogens is 288 g/mol. The molecule has 4 heteroatoms. The van der Waals surface area contributed by atoms with Crippen molar-refractivity contribution in [3.63, 3.8) is 0 Å². The molecule has 0 radical (unpaired) electrons. The van der Waals surface area contributed by atoms with Gasteiger partial charge in [0.05, 0.1) is 6.61 Å². The third-order valence-corrected chi connectivity index (χ3v) is 5.69. The first kappa shape index (κ1) is 15.2. The molecule has 3 heterocycles. The second-order valence-corrected chi connectivity index (χ2v) is 7.46. The van der Waals surface area contributed by atoms with Gasteiger partial charge in [0.2, 0.25) is 0 Å². The lowest BCUT2D eigenvalue weighted by Gasteiger charge is -2.22. The summed E-state index contributed by atoms with van der Waals surface area (Å²) in [5, 5.41) is 0. The van der Waals surface area contributed by atoms with E-state index in [-0.39, 0.29) is 11.3 Å². The van der Waals surface area contributed by atoms with Gasteiger partial charge in [-0.15, -0.1) is 0 Å². The lowest BCUT2D eigenvalue weighted by Crippen LogP contribution is -2.32. The average Bonchev–Trinajstić information content (AvgIpc) is 3.31. The number of carbonyl (C=O) groups excluding carboxylic acids is 1. The van der Waals surface area contributed by atoms with Gasteiger partial charge in [0.15, 0.2) is 0 Å². The summed E-state index contributed by atoms with van der Waals surface area (Å²) in [5.41, 5.74) is 2.34. The number of hydrogen-bond donors (Lipinski definition) is 0. The molecule has 4 nitrogen and oxygen atoms in total. The third kappa shape index (κ3) is 3.15. The van der Waals surface area contributed by atoms with Gasteiger partial charge in [-0.25, -0.2) is 0 Å². The molecule has 1 aromatic rings. The fourth-order valence-corrected chi connectivity index (χ4v) is 4.26. The molecule has 0 aliphatic carbocycles. The van der Waals surface area contributed by atoms with E-state index in [1.165, 1.54) is 31.5 Å². The van der Waals surface area contributed by atoms with Crippen molar-refractivity contribution in [1.29, 1.82) is 0 Å². The first-order valence-corrected chi connectivity index (χ1v) is 8.93. The van der Waals surface area contributed by atoms with Gasteiger partial charge in [0.1, 0.15) is 0 Å². The minimum absolute atomic E-state index is 0.192. The zero-order chi connectivity index (χ0) is 15.7. The van der Waals surface area contributed by atoms with E-state index in [2.05, 4.69) is 17.0 Å². The van der Waals surface area contributed by atoms with Crippen molar-refractivity contribution in [3.05, 3.63) is 35.4 Å². The first-order chi connectivity index (χ1) is 11.2. The van der Waals surface area contributed by atoms with E-state index in [9.17, 15) is 4.79 Å². The first-order valence-electron chi connectivity index (χ1n) is 8.93. The minimum Gasteiger partial charge on any atom is -0.381 e. The van der Waals surface area contributed by atoms with Crippen molar-refractivity contribution >= 4 is 5.91 Å². The van der Waals surface area contributed by atoms with E-state index in [1.54, 1.807) is 0 Å². The molecule has 0 unspecified atom stereocenters. The lowest BCUT2D eigenvalue weighted by atomic mass is 9.87. The summed E-state index contributed by atoms with van der Waals surface area (Å²) >= 11 is 0. The molecule has 0 N–H and O–H groups in total. The van der Waals surface area contributed by atoms with Gasteiger partial charge in [-0.2, -0.15) is 0 Å². The lowest BCUT2D eigenvalue weighted by molar-refractivity contribution is 0.0765. The molecule has 3 saturated heterocycles. The number of amides is 1. The van der Waals surface area contributed by atoms with E-state index in [4.69, 9.17) is 4.74 Å². The number of carbonyl (C=O) groups is 1. The van der Waals surface area contributed by atoms with Gasteiger partial charge < -0.3 is 9.64 Å². The second-order valence-electron chi connectivity index (χ2n) is 7.46. The SMILES string of the molecule is O=C(c1cccc(CN2CCCC2)c1)N1CC[C@@]2(CCOC2)C1. The van der Waals surface area contributed by atoms with Crippen LogP contribution in [0.25, 0.3) is 0 Å². The summed E-state index contributed by atoms with van der Waals surface area (Å²) in [6.07, 6.45) is 4.80. The Morgan fingerprint density at radius 3 is 2.83 bits per heavy atom. The van der Waals surface area contributed by atoms with Crippen LogP contribution in [0.15, 0.2) is 24.3 Å². The molecule has 124 valence electrons. The van der Waals surface area contributed by atoms with Crippen molar-refractivity contribution in [2.24, 2.45) is 5.41 Å². The highest BCUT2D eigenvalue weighted by Gasteiger charge is 2.42. The molecule has 3 aliphatic heterocycles. The van der Waals surface area contributed by atoms with E-state index in [0.717, 1.165) is 51.3 Å². The van der Waals surface area contributed by atoms with Crippen LogP contribution in [0.1, 0.15) is 41.6 Å². The Labute approximate surface area is 138 Å². The fourth-order valence-electron chi connectivity index (χ4n) is 4.26. The summed E-state index contributed by atoms with van der Waals surface area (Å²) in [5.74, 6) is 0.192. The maximum absolute atomic E-state index is 12.8. The molecule has 1 atom stereocenters. The second kappa shape index (κ2) is 6.25. The molecule has 0 bridgehead atoms. The van der Waals surface area contributed by atoms with Gasteiger partial charge in [0, 0.05) is 37.2 Å². The molecule has 1 spiro atoms. The predicted molar refractivity (Wildman–Crippen MR) is 89.3 cm³/mol. The van der Waals surface area contributed by atoms with Crippen LogP contribution in [0.3, 0.4) is 0 Å². The van der Waals surface area contributed by atoms with Gasteiger partial charge in [-0.05, 0) is 56.5 Å². The third-order valence-electron chi connectivity index (χ3n) is 5.69. The zero-order valence-electron chi connectivity index (χ0n) is 13.8. The Balaban J connectivity index is 1.44. The maximum atomic E-state index is 12.8.